The number of carbonyl (C=O) groups is 1. The molecule has 2 atom stereocenters. The topological polar surface area (TPSA) is 64.6 Å². The molecule has 1 heterocycles. The highest BCUT2D eigenvalue weighted by Gasteiger charge is 2.28. The first-order valence-electron chi connectivity index (χ1n) is 10.6. The predicted octanol–water partition coefficient (Wildman–Crippen LogP) is 5.30. The van der Waals surface area contributed by atoms with Crippen LogP contribution in [0.15, 0.2) is 66.7 Å². The Kier molecular flexibility index (Phi) is 5.31. The van der Waals surface area contributed by atoms with Crippen LogP contribution in [0.2, 0.25) is 0 Å². The molecule has 6 heteroatoms. The number of fused-ring (bicyclic) bond motifs is 1. The maximum absolute atomic E-state index is 12.0. The zero-order valence-electron chi connectivity index (χ0n) is 17.9. The van der Waals surface area contributed by atoms with Crippen molar-refractivity contribution in [3.05, 3.63) is 94.6 Å². The standard InChI is InChI=1S/C26H23NO4S/c1-16-5-3-6-17(2)26(16)31-22-8-4-7-20-21(22)13-14-23(20)30-19-11-9-18(10-12-19)24-15-25(28)27-32(24)29/h3-12,15,23H,13-14H2,1-2H3,(H,27,28)/t23-,32?/m1/s1. The molecule has 32 heavy (non-hydrogen) atoms. The number of benzene rings is 3. The monoisotopic (exact) mass is 445 g/mol. The molecule has 0 radical (unpaired) electrons. The number of carbonyl (C=O) groups excluding carboxylic acids is 1. The van der Waals surface area contributed by atoms with Crippen LogP contribution in [0.4, 0.5) is 0 Å². The minimum absolute atomic E-state index is 0.0551. The molecule has 162 valence electrons. The lowest BCUT2D eigenvalue weighted by Gasteiger charge is -2.17. The quantitative estimate of drug-likeness (QED) is 0.579. The highest BCUT2D eigenvalue weighted by molar-refractivity contribution is 7.93. The van der Waals surface area contributed by atoms with E-state index in [0.29, 0.717) is 4.91 Å². The van der Waals surface area contributed by atoms with E-state index in [-0.39, 0.29) is 12.0 Å². The Hall–Kier alpha value is -3.38. The number of hydrogen-bond acceptors (Lipinski definition) is 4. The molecule has 2 aliphatic rings. The zero-order valence-corrected chi connectivity index (χ0v) is 18.7. The first-order chi connectivity index (χ1) is 15.5. The zero-order chi connectivity index (χ0) is 22.2. The van der Waals surface area contributed by atoms with Gasteiger partial charge in [0, 0.05) is 11.6 Å². The van der Waals surface area contributed by atoms with Crippen molar-refractivity contribution in [2.24, 2.45) is 0 Å². The number of para-hydroxylation sites is 1. The average molecular weight is 446 g/mol. The van der Waals surface area contributed by atoms with Crippen LogP contribution < -0.4 is 14.2 Å². The minimum Gasteiger partial charge on any atom is -0.486 e. The van der Waals surface area contributed by atoms with Crippen LogP contribution in [0.25, 0.3) is 4.91 Å². The maximum atomic E-state index is 12.0. The molecule has 0 saturated carbocycles. The molecular weight excluding hydrogens is 422 g/mol. The van der Waals surface area contributed by atoms with Crippen molar-refractivity contribution in [3.8, 4) is 17.2 Å². The Morgan fingerprint density at radius 3 is 2.38 bits per heavy atom. The lowest BCUT2D eigenvalue weighted by molar-refractivity contribution is -0.114. The number of rotatable bonds is 5. The number of aryl methyl sites for hydroxylation is 2. The summed E-state index contributed by atoms with van der Waals surface area (Å²) in [5.74, 6) is 2.19. The van der Waals surface area contributed by atoms with Crippen LogP contribution in [-0.2, 0) is 22.2 Å². The minimum atomic E-state index is -1.50. The van der Waals surface area contributed by atoms with Gasteiger partial charge in [0.1, 0.15) is 23.4 Å². The average Bonchev–Trinajstić information content (AvgIpc) is 3.34. The van der Waals surface area contributed by atoms with Gasteiger partial charge in [-0.1, -0.05) is 42.5 Å². The van der Waals surface area contributed by atoms with E-state index in [1.807, 2.05) is 42.5 Å². The molecule has 1 aliphatic carbocycles. The van der Waals surface area contributed by atoms with Crippen molar-refractivity contribution in [1.82, 2.24) is 4.72 Å². The molecule has 3 aromatic carbocycles. The summed E-state index contributed by atoms with van der Waals surface area (Å²) in [5, 5.41) is 0. The van der Waals surface area contributed by atoms with Gasteiger partial charge in [0.2, 0.25) is 0 Å². The summed E-state index contributed by atoms with van der Waals surface area (Å²) in [5.41, 5.74) is 5.30. The third-order valence-electron chi connectivity index (χ3n) is 5.87. The van der Waals surface area contributed by atoms with E-state index in [0.717, 1.165) is 52.3 Å². The molecule has 3 aromatic rings. The fraction of sp³-hybridized carbons (Fsp3) is 0.192. The number of hydrogen-bond donors (Lipinski definition) is 1. The van der Waals surface area contributed by atoms with Gasteiger partial charge < -0.3 is 9.47 Å². The van der Waals surface area contributed by atoms with E-state index >= 15 is 0 Å². The number of ether oxygens (including phenoxy) is 2. The molecule has 0 spiro atoms. The summed E-state index contributed by atoms with van der Waals surface area (Å²) in [4.78, 5) is 11.9. The Balaban J connectivity index is 1.35. The second-order valence-corrected chi connectivity index (χ2v) is 9.24. The Bertz CT molecular complexity index is 1240. The van der Waals surface area contributed by atoms with Crippen molar-refractivity contribution in [1.29, 1.82) is 0 Å². The third-order valence-corrected chi connectivity index (χ3v) is 7.01. The van der Waals surface area contributed by atoms with Gasteiger partial charge in [0.05, 0.1) is 4.91 Å². The van der Waals surface area contributed by atoms with E-state index in [1.54, 1.807) is 0 Å². The van der Waals surface area contributed by atoms with Crippen LogP contribution >= 0.6 is 0 Å². The fourth-order valence-electron chi connectivity index (χ4n) is 4.27. The summed E-state index contributed by atoms with van der Waals surface area (Å²) >= 11 is 0. The Labute approximate surface area is 189 Å². The second kappa shape index (κ2) is 8.28. The van der Waals surface area contributed by atoms with Crippen LogP contribution in [0.5, 0.6) is 17.2 Å². The van der Waals surface area contributed by atoms with Gasteiger partial charge in [0.15, 0.2) is 11.0 Å². The van der Waals surface area contributed by atoms with Crippen molar-refractivity contribution in [2.45, 2.75) is 32.8 Å². The molecule has 5 rings (SSSR count). The lowest BCUT2D eigenvalue weighted by Crippen LogP contribution is -2.16. The summed E-state index contributed by atoms with van der Waals surface area (Å²) in [6, 6.07) is 19.7. The first kappa shape index (κ1) is 20.5. The molecule has 1 aliphatic heterocycles. The molecule has 0 bridgehead atoms. The lowest BCUT2D eigenvalue weighted by atomic mass is 10.1. The Morgan fingerprint density at radius 2 is 1.69 bits per heavy atom. The molecule has 0 aromatic heterocycles. The molecular formula is C26H23NO4S. The molecule has 1 N–H and O–H groups in total. The highest BCUT2D eigenvalue weighted by atomic mass is 32.2. The van der Waals surface area contributed by atoms with Gasteiger partial charge in [-0.25, -0.2) is 4.21 Å². The largest absolute Gasteiger partial charge is 0.486 e. The fourth-order valence-corrected chi connectivity index (χ4v) is 5.19. The number of amides is 1. The maximum Gasteiger partial charge on any atom is 0.257 e. The van der Waals surface area contributed by atoms with Crippen molar-refractivity contribution in [3.63, 3.8) is 0 Å². The molecule has 0 fully saturated rings. The van der Waals surface area contributed by atoms with Crippen LogP contribution in [-0.4, -0.2) is 10.1 Å². The summed E-state index contributed by atoms with van der Waals surface area (Å²) in [6.45, 7) is 4.12. The van der Waals surface area contributed by atoms with Crippen molar-refractivity contribution >= 4 is 21.8 Å². The van der Waals surface area contributed by atoms with Gasteiger partial charge >= 0.3 is 0 Å². The van der Waals surface area contributed by atoms with E-state index in [1.165, 1.54) is 11.6 Å². The van der Waals surface area contributed by atoms with Crippen molar-refractivity contribution in [2.75, 3.05) is 0 Å². The van der Waals surface area contributed by atoms with E-state index < -0.39 is 11.0 Å². The smallest absolute Gasteiger partial charge is 0.257 e. The summed E-state index contributed by atoms with van der Waals surface area (Å²) in [6.07, 6.45) is 3.08. The van der Waals surface area contributed by atoms with Crippen LogP contribution in [0.1, 0.15) is 40.3 Å². The normalized spacial score (nSPS) is 19.3. The van der Waals surface area contributed by atoms with Gasteiger partial charge in [0.25, 0.3) is 5.91 Å². The van der Waals surface area contributed by atoms with E-state index in [2.05, 4.69) is 36.8 Å². The molecule has 1 amide bonds. The van der Waals surface area contributed by atoms with Gasteiger partial charge in [-0.15, -0.1) is 0 Å². The van der Waals surface area contributed by atoms with Gasteiger partial charge in [-0.2, -0.15) is 0 Å². The van der Waals surface area contributed by atoms with Crippen molar-refractivity contribution < 1.29 is 18.5 Å². The second-order valence-electron chi connectivity index (χ2n) is 8.06. The van der Waals surface area contributed by atoms with Gasteiger partial charge in [-0.05, 0) is 67.1 Å². The molecule has 1 unspecified atom stereocenters. The third kappa shape index (κ3) is 3.82. The Morgan fingerprint density at radius 1 is 0.969 bits per heavy atom. The predicted molar refractivity (Wildman–Crippen MR) is 125 cm³/mol. The number of nitrogens with one attached hydrogen (secondary N) is 1. The summed E-state index contributed by atoms with van der Waals surface area (Å²) < 4.78 is 27.0. The molecule has 5 nitrogen and oxygen atoms in total. The summed E-state index contributed by atoms with van der Waals surface area (Å²) in [7, 11) is -1.50. The first-order valence-corrected chi connectivity index (χ1v) is 11.7. The highest BCUT2D eigenvalue weighted by Crippen LogP contribution is 2.42. The van der Waals surface area contributed by atoms with E-state index in [4.69, 9.17) is 9.47 Å². The van der Waals surface area contributed by atoms with Crippen LogP contribution in [0.3, 0.4) is 0 Å². The SMILES string of the molecule is Cc1cccc(C)c1Oc1cccc2c1CC[C@H]2Oc1ccc(C2=CC(=O)NS2=O)cc1. The van der Waals surface area contributed by atoms with Crippen LogP contribution in [0, 0.1) is 13.8 Å². The molecule has 0 saturated heterocycles. The van der Waals surface area contributed by atoms with Gasteiger partial charge in [-0.3, -0.25) is 9.52 Å². The van der Waals surface area contributed by atoms with E-state index in [9.17, 15) is 9.00 Å².